The summed E-state index contributed by atoms with van der Waals surface area (Å²) < 4.78 is 5.89. The third-order valence-corrected chi connectivity index (χ3v) is 3.88. The molecule has 3 heteroatoms. The largest absolute Gasteiger partial charge is 0.376 e. The van der Waals surface area contributed by atoms with Crippen LogP contribution in [0.15, 0.2) is 36.7 Å². The van der Waals surface area contributed by atoms with E-state index in [-0.39, 0.29) is 12.1 Å². The van der Waals surface area contributed by atoms with Gasteiger partial charge in [0.1, 0.15) is 0 Å². The Kier molecular flexibility index (Phi) is 3.49. The summed E-state index contributed by atoms with van der Waals surface area (Å²) in [6, 6.07) is 8.22. The van der Waals surface area contributed by atoms with Crippen LogP contribution in [-0.2, 0) is 4.74 Å². The molecule has 0 saturated heterocycles. The number of benzene rings is 1. The highest BCUT2D eigenvalue weighted by atomic mass is 16.5. The molecule has 3 rings (SSSR count). The van der Waals surface area contributed by atoms with Gasteiger partial charge in [-0.1, -0.05) is 18.2 Å². The second kappa shape index (κ2) is 5.27. The highest BCUT2D eigenvalue weighted by molar-refractivity contribution is 5.85. The smallest absolute Gasteiger partial charge is 0.0795 e. The number of rotatable bonds is 5. The van der Waals surface area contributed by atoms with Gasteiger partial charge < -0.3 is 10.5 Å². The van der Waals surface area contributed by atoms with Crippen molar-refractivity contribution in [2.75, 3.05) is 6.61 Å². The van der Waals surface area contributed by atoms with E-state index in [2.05, 4.69) is 23.2 Å². The summed E-state index contributed by atoms with van der Waals surface area (Å²) in [6.07, 6.45) is 6.33. The monoisotopic (exact) mass is 256 g/mol. The molecule has 0 spiro atoms. The number of nitrogens with two attached hydrogens (primary N) is 1. The van der Waals surface area contributed by atoms with Crippen LogP contribution in [0.1, 0.15) is 31.4 Å². The van der Waals surface area contributed by atoms with Crippen molar-refractivity contribution in [3.63, 3.8) is 0 Å². The van der Waals surface area contributed by atoms with Gasteiger partial charge >= 0.3 is 0 Å². The molecule has 2 N–H and O–H groups in total. The topological polar surface area (TPSA) is 48.1 Å². The molecule has 0 amide bonds. The van der Waals surface area contributed by atoms with E-state index in [0.717, 1.165) is 17.6 Å². The van der Waals surface area contributed by atoms with E-state index in [1.165, 1.54) is 18.2 Å². The minimum atomic E-state index is -0.0691. The summed E-state index contributed by atoms with van der Waals surface area (Å²) >= 11 is 0. The Hall–Kier alpha value is -1.45. The molecule has 1 aromatic carbocycles. The quantitative estimate of drug-likeness (QED) is 0.894. The summed E-state index contributed by atoms with van der Waals surface area (Å²) in [6.45, 7) is 2.75. The Morgan fingerprint density at radius 3 is 2.95 bits per heavy atom. The third-order valence-electron chi connectivity index (χ3n) is 3.88. The summed E-state index contributed by atoms with van der Waals surface area (Å²) in [5, 5.41) is 2.33. The van der Waals surface area contributed by atoms with Crippen LogP contribution in [0, 0.1) is 5.92 Å². The van der Waals surface area contributed by atoms with Gasteiger partial charge in [0.2, 0.25) is 0 Å². The van der Waals surface area contributed by atoms with Crippen LogP contribution in [0.25, 0.3) is 10.8 Å². The van der Waals surface area contributed by atoms with Crippen molar-refractivity contribution in [3.8, 4) is 0 Å². The molecular weight excluding hydrogens is 236 g/mol. The van der Waals surface area contributed by atoms with E-state index in [4.69, 9.17) is 10.5 Å². The molecule has 0 aliphatic heterocycles. The van der Waals surface area contributed by atoms with Crippen molar-refractivity contribution in [1.29, 1.82) is 0 Å². The summed E-state index contributed by atoms with van der Waals surface area (Å²) in [4.78, 5) is 4.23. The Labute approximate surface area is 113 Å². The number of hydrogen-bond donors (Lipinski definition) is 1. The molecule has 2 atom stereocenters. The second-order valence-electron chi connectivity index (χ2n) is 5.23. The van der Waals surface area contributed by atoms with Crippen LogP contribution < -0.4 is 5.73 Å². The average Bonchev–Trinajstić information content (AvgIpc) is 3.28. The van der Waals surface area contributed by atoms with Gasteiger partial charge in [-0.2, -0.15) is 0 Å². The lowest BCUT2D eigenvalue weighted by Gasteiger charge is -2.25. The predicted molar refractivity (Wildman–Crippen MR) is 76.8 cm³/mol. The van der Waals surface area contributed by atoms with Crippen molar-refractivity contribution >= 4 is 10.8 Å². The Balaban J connectivity index is 1.98. The van der Waals surface area contributed by atoms with Gasteiger partial charge in [0.25, 0.3) is 0 Å². The lowest BCUT2D eigenvalue weighted by atomic mass is 9.95. The first-order valence-electron chi connectivity index (χ1n) is 7.01. The van der Waals surface area contributed by atoms with Crippen molar-refractivity contribution in [2.45, 2.75) is 31.9 Å². The van der Waals surface area contributed by atoms with Gasteiger partial charge in [0.15, 0.2) is 0 Å². The maximum absolute atomic E-state index is 6.48. The molecule has 1 heterocycles. The molecule has 2 unspecified atom stereocenters. The minimum absolute atomic E-state index is 0.0691. The standard InChI is InChI=1S/C16H20N2O/c1-2-19-16(12-6-7-12)15(17)13-5-3-4-11-8-9-18-10-14(11)13/h3-5,8-10,12,15-16H,2,6-7,17H2,1H3. The highest BCUT2D eigenvalue weighted by Gasteiger charge is 2.36. The molecule has 0 radical (unpaired) electrons. The fraction of sp³-hybridized carbons (Fsp3) is 0.438. The van der Waals surface area contributed by atoms with Gasteiger partial charge in [-0.25, -0.2) is 0 Å². The van der Waals surface area contributed by atoms with Crippen LogP contribution in [0.5, 0.6) is 0 Å². The SMILES string of the molecule is CCOC(C1CC1)C(N)c1cccc2ccncc12. The molecule has 1 aliphatic carbocycles. The predicted octanol–water partition coefficient (Wildman–Crippen LogP) is 3.05. The maximum atomic E-state index is 6.48. The number of nitrogens with zero attached hydrogens (tertiary/aromatic N) is 1. The summed E-state index contributed by atoms with van der Waals surface area (Å²) in [5.41, 5.74) is 7.63. The van der Waals surface area contributed by atoms with E-state index in [1.54, 1.807) is 0 Å². The zero-order valence-corrected chi connectivity index (χ0v) is 11.3. The molecule has 0 bridgehead atoms. The van der Waals surface area contributed by atoms with Crippen LogP contribution in [0.3, 0.4) is 0 Å². The van der Waals surface area contributed by atoms with Crippen molar-refractivity contribution in [1.82, 2.24) is 4.98 Å². The number of pyridine rings is 1. The average molecular weight is 256 g/mol. The Morgan fingerprint density at radius 1 is 1.37 bits per heavy atom. The molecule has 1 aliphatic rings. The molecule has 1 aromatic heterocycles. The summed E-state index contributed by atoms with van der Waals surface area (Å²) in [7, 11) is 0. The Bertz CT molecular complexity index is 560. The maximum Gasteiger partial charge on any atom is 0.0795 e. The lowest BCUT2D eigenvalue weighted by Crippen LogP contribution is -2.31. The normalized spacial score (nSPS) is 18.4. The molecule has 3 nitrogen and oxygen atoms in total. The Morgan fingerprint density at radius 2 is 2.21 bits per heavy atom. The number of ether oxygens (including phenoxy) is 1. The summed E-state index contributed by atoms with van der Waals surface area (Å²) in [5.74, 6) is 0.627. The van der Waals surface area contributed by atoms with E-state index in [0.29, 0.717) is 5.92 Å². The number of fused-ring (bicyclic) bond motifs is 1. The van der Waals surface area contributed by atoms with Crippen LogP contribution >= 0.6 is 0 Å². The van der Waals surface area contributed by atoms with Gasteiger partial charge in [-0.15, -0.1) is 0 Å². The van der Waals surface area contributed by atoms with Crippen molar-refractivity contribution in [2.24, 2.45) is 11.7 Å². The minimum Gasteiger partial charge on any atom is -0.376 e. The third kappa shape index (κ3) is 2.48. The zero-order valence-electron chi connectivity index (χ0n) is 11.3. The number of aromatic nitrogens is 1. The molecule has 2 aromatic rings. The van der Waals surface area contributed by atoms with Gasteiger partial charge in [0, 0.05) is 24.4 Å². The van der Waals surface area contributed by atoms with E-state index in [9.17, 15) is 0 Å². The van der Waals surface area contributed by atoms with Crippen LogP contribution in [0.4, 0.5) is 0 Å². The number of hydrogen-bond acceptors (Lipinski definition) is 3. The molecule has 1 saturated carbocycles. The zero-order chi connectivity index (χ0) is 13.2. The molecule has 1 fully saturated rings. The fourth-order valence-electron chi connectivity index (χ4n) is 2.75. The first kappa shape index (κ1) is 12.6. The van der Waals surface area contributed by atoms with E-state index >= 15 is 0 Å². The van der Waals surface area contributed by atoms with Gasteiger partial charge in [-0.3, -0.25) is 4.98 Å². The molecule has 19 heavy (non-hydrogen) atoms. The molecular formula is C16H20N2O. The van der Waals surface area contributed by atoms with Crippen molar-refractivity contribution in [3.05, 3.63) is 42.2 Å². The lowest BCUT2D eigenvalue weighted by molar-refractivity contribution is 0.0286. The first-order valence-corrected chi connectivity index (χ1v) is 7.01. The van der Waals surface area contributed by atoms with E-state index < -0.39 is 0 Å². The fourth-order valence-corrected chi connectivity index (χ4v) is 2.75. The first-order chi connectivity index (χ1) is 9.31. The van der Waals surface area contributed by atoms with Crippen LogP contribution in [-0.4, -0.2) is 17.7 Å². The highest BCUT2D eigenvalue weighted by Crippen LogP contribution is 2.40. The molecule has 100 valence electrons. The second-order valence-corrected chi connectivity index (χ2v) is 5.23. The van der Waals surface area contributed by atoms with Crippen molar-refractivity contribution < 1.29 is 4.74 Å². The van der Waals surface area contributed by atoms with E-state index in [1.807, 2.05) is 25.4 Å². The van der Waals surface area contributed by atoms with Gasteiger partial charge in [0.05, 0.1) is 12.1 Å². The van der Waals surface area contributed by atoms with Gasteiger partial charge in [-0.05, 0) is 42.7 Å². The van der Waals surface area contributed by atoms with Crippen LogP contribution in [0.2, 0.25) is 0 Å².